The van der Waals surface area contributed by atoms with Gasteiger partial charge in [0.1, 0.15) is 5.71 Å². The summed E-state index contributed by atoms with van der Waals surface area (Å²) < 4.78 is 27.0. The minimum absolute atomic E-state index is 0.136. The summed E-state index contributed by atoms with van der Waals surface area (Å²) in [5.41, 5.74) is 10.4. The highest BCUT2D eigenvalue weighted by atomic mass is 19.3. The topological polar surface area (TPSA) is 114 Å². The molecule has 0 atom stereocenters. The molecule has 9 nitrogen and oxygen atoms in total. The highest BCUT2D eigenvalue weighted by Gasteiger charge is 2.33. The van der Waals surface area contributed by atoms with E-state index in [0.29, 0.717) is 36.6 Å². The molecule has 2 fully saturated rings. The van der Waals surface area contributed by atoms with Gasteiger partial charge < -0.3 is 16.0 Å². The monoisotopic (exact) mass is 562 g/mol. The minimum atomic E-state index is -2.59. The lowest BCUT2D eigenvalue weighted by Crippen LogP contribution is -2.44. The number of alkyl halides is 2. The van der Waals surface area contributed by atoms with Crippen LogP contribution in [0.15, 0.2) is 55.0 Å². The van der Waals surface area contributed by atoms with Crippen LogP contribution in [0.3, 0.4) is 0 Å². The highest BCUT2D eigenvalue weighted by Crippen LogP contribution is 2.29. The van der Waals surface area contributed by atoms with Crippen molar-refractivity contribution in [3.05, 3.63) is 71.8 Å². The number of piperidine rings is 1. The molecule has 216 valence electrons. The largest absolute Gasteiger partial charge is 0.398 e. The number of nitrogens with one attached hydrogen (secondary N) is 2. The second kappa shape index (κ2) is 12.4. The number of likely N-dealkylation sites (N-methyl/N-ethyl adjacent to an activating group) is 1. The van der Waals surface area contributed by atoms with Crippen molar-refractivity contribution in [1.29, 1.82) is 5.41 Å². The van der Waals surface area contributed by atoms with Gasteiger partial charge in [-0.25, -0.2) is 8.78 Å². The first-order valence-electron chi connectivity index (χ1n) is 13.9. The van der Waals surface area contributed by atoms with Crippen molar-refractivity contribution >= 4 is 23.0 Å². The Morgan fingerprint density at radius 3 is 2.39 bits per heavy atom. The number of likely N-dealkylation sites (tertiary alicyclic amines) is 1. The fourth-order valence-electron chi connectivity index (χ4n) is 5.12. The lowest BCUT2D eigenvalue weighted by atomic mass is 9.99. The molecule has 0 saturated carbocycles. The average Bonchev–Trinajstić information content (AvgIpc) is 2.96. The van der Waals surface area contributed by atoms with E-state index in [-0.39, 0.29) is 18.6 Å². The summed E-state index contributed by atoms with van der Waals surface area (Å²) in [4.78, 5) is 28.5. The number of benzene rings is 1. The van der Waals surface area contributed by atoms with Gasteiger partial charge in [0.05, 0.1) is 17.6 Å². The third-order valence-corrected chi connectivity index (χ3v) is 7.74. The van der Waals surface area contributed by atoms with Gasteiger partial charge in [0, 0.05) is 94.4 Å². The molecule has 4 heterocycles. The van der Waals surface area contributed by atoms with E-state index in [1.807, 2.05) is 23.1 Å². The summed E-state index contributed by atoms with van der Waals surface area (Å²) >= 11 is 0. The van der Waals surface area contributed by atoms with Crippen molar-refractivity contribution in [3.63, 3.8) is 0 Å². The van der Waals surface area contributed by atoms with Gasteiger partial charge in [0.2, 0.25) is 0 Å². The number of rotatable bonds is 8. The van der Waals surface area contributed by atoms with E-state index in [1.165, 1.54) is 0 Å². The molecule has 0 spiro atoms. The van der Waals surface area contributed by atoms with Crippen molar-refractivity contribution in [2.75, 3.05) is 57.4 Å². The number of piperazine rings is 1. The van der Waals surface area contributed by atoms with E-state index in [0.717, 1.165) is 55.1 Å². The molecule has 5 rings (SSSR count). The smallest absolute Gasteiger partial charge is 0.274 e. The first-order valence-corrected chi connectivity index (χ1v) is 13.9. The van der Waals surface area contributed by atoms with E-state index in [4.69, 9.17) is 11.1 Å². The predicted molar refractivity (Wildman–Crippen MR) is 156 cm³/mol. The van der Waals surface area contributed by atoms with Gasteiger partial charge in [-0.05, 0) is 48.5 Å². The van der Waals surface area contributed by atoms with Crippen LogP contribution in [-0.4, -0.2) is 88.5 Å². The number of nitrogen functional groups attached to an aromatic ring is 1. The Labute approximate surface area is 238 Å². The molecule has 11 heteroatoms. The molecule has 41 heavy (non-hydrogen) atoms. The number of carbonyl (C=O) groups is 1. The van der Waals surface area contributed by atoms with Gasteiger partial charge in [-0.15, -0.1) is 0 Å². The van der Waals surface area contributed by atoms with Gasteiger partial charge in [-0.1, -0.05) is 6.07 Å². The molecule has 2 aliphatic rings. The van der Waals surface area contributed by atoms with Crippen LogP contribution in [0.4, 0.5) is 20.2 Å². The summed E-state index contributed by atoms with van der Waals surface area (Å²) in [5, 5.41) is 11.3. The van der Waals surface area contributed by atoms with E-state index >= 15 is 0 Å². The number of nitrogens with two attached hydrogens (primary N) is 1. The zero-order valence-electron chi connectivity index (χ0n) is 23.2. The molecule has 2 aliphatic heterocycles. The lowest BCUT2D eigenvalue weighted by molar-refractivity contribution is -0.110. The second-order valence-corrected chi connectivity index (χ2v) is 11.0. The summed E-state index contributed by atoms with van der Waals surface area (Å²) in [6.07, 6.45) is 4.76. The van der Waals surface area contributed by atoms with Gasteiger partial charge >= 0.3 is 0 Å². The number of hydrogen-bond acceptors (Lipinski definition) is 8. The number of aromatic nitrogens is 2. The average molecular weight is 563 g/mol. The molecule has 2 aromatic heterocycles. The van der Waals surface area contributed by atoms with Gasteiger partial charge in [-0.2, -0.15) is 0 Å². The van der Waals surface area contributed by atoms with Crippen molar-refractivity contribution in [1.82, 2.24) is 24.7 Å². The maximum Gasteiger partial charge on any atom is 0.274 e. The van der Waals surface area contributed by atoms with Crippen LogP contribution in [0.5, 0.6) is 0 Å². The molecule has 0 radical (unpaired) electrons. The molecule has 0 unspecified atom stereocenters. The van der Waals surface area contributed by atoms with E-state index < -0.39 is 11.8 Å². The van der Waals surface area contributed by atoms with Gasteiger partial charge in [-0.3, -0.25) is 30.0 Å². The number of hydrogen-bond donors (Lipinski definition) is 3. The maximum atomic E-state index is 13.5. The standard InChI is InChI=1S/C30H36F2N8O/c1-38-10-12-40(13-11-38)20-25-4-3-24(18-36-25)37-29(41)28(34)26-15-22(2-5-27(26)33)23-14-21(16-35-17-23)19-39-8-6-30(31,32)7-9-39/h2-5,14-18,34H,6-13,19-20,33H2,1H3,(H,37,41). The van der Waals surface area contributed by atoms with Crippen LogP contribution < -0.4 is 11.1 Å². The summed E-state index contributed by atoms with van der Waals surface area (Å²) in [6.45, 7) is 6.01. The Kier molecular flexibility index (Phi) is 8.67. The van der Waals surface area contributed by atoms with Gasteiger partial charge in [0.25, 0.3) is 11.8 Å². The fraction of sp³-hybridized carbons (Fsp3) is 0.400. The Morgan fingerprint density at radius 2 is 1.68 bits per heavy atom. The normalized spacial score (nSPS) is 18.2. The number of nitrogens with zero attached hydrogens (tertiary/aromatic N) is 5. The maximum absolute atomic E-state index is 13.5. The first-order chi connectivity index (χ1) is 19.6. The zero-order valence-corrected chi connectivity index (χ0v) is 23.2. The molecule has 0 aliphatic carbocycles. The van der Waals surface area contributed by atoms with Crippen LogP contribution in [0.2, 0.25) is 0 Å². The highest BCUT2D eigenvalue weighted by molar-refractivity contribution is 6.48. The number of halogens is 2. The Hall–Kier alpha value is -3.80. The number of anilines is 2. The van der Waals surface area contributed by atoms with Crippen molar-refractivity contribution in [3.8, 4) is 11.1 Å². The lowest BCUT2D eigenvalue weighted by Gasteiger charge is -2.32. The molecule has 3 aromatic rings. The Bertz CT molecular complexity index is 1380. The van der Waals surface area contributed by atoms with Crippen molar-refractivity contribution in [2.45, 2.75) is 31.9 Å². The Morgan fingerprint density at radius 1 is 0.951 bits per heavy atom. The number of amides is 1. The predicted octanol–water partition coefficient (Wildman–Crippen LogP) is 3.71. The third kappa shape index (κ3) is 7.49. The van der Waals surface area contributed by atoms with Crippen LogP contribution in [0.25, 0.3) is 11.1 Å². The molecule has 4 N–H and O–H groups in total. The second-order valence-electron chi connectivity index (χ2n) is 11.0. The summed E-state index contributed by atoms with van der Waals surface area (Å²) in [7, 11) is 2.12. The third-order valence-electron chi connectivity index (χ3n) is 7.74. The van der Waals surface area contributed by atoms with E-state index in [2.05, 4.69) is 32.1 Å². The minimum Gasteiger partial charge on any atom is -0.398 e. The van der Waals surface area contributed by atoms with Crippen LogP contribution >= 0.6 is 0 Å². The number of carbonyl (C=O) groups excluding carboxylic acids is 1. The molecule has 0 bridgehead atoms. The van der Waals surface area contributed by atoms with E-state index in [1.54, 1.807) is 36.8 Å². The quantitative estimate of drug-likeness (QED) is 0.283. The Balaban J connectivity index is 1.22. The SMILES string of the molecule is CN1CCN(Cc2ccc(NC(=O)C(=N)c3cc(-c4cncc(CN5CCC(F)(F)CC5)c4)ccc3N)cn2)CC1. The molecule has 1 aromatic carbocycles. The van der Waals surface area contributed by atoms with Crippen molar-refractivity contribution < 1.29 is 13.6 Å². The molecule has 1 amide bonds. The number of pyridine rings is 2. The van der Waals surface area contributed by atoms with E-state index in [9.17, 15) is 13.6 Å². The molecular formula is C30H36F2N8O. The van der Waals surface area contributed by atoms with Crippen LogP contribution in [0, 0.1) is 5.41 Å². The first kappa shape index (κ1) is 28.7. The fourth-order valence-corrected chi connectivity index (χ4v) is 5.12. The molecule has 2 saturated heterocycles. The van der Waals surface area contributed by atoms with Crippen molar-refractivity contribution in [2.24, 2.45) is 0 Å². The van der Waals surface area contributed by atoms with Gasteiger partial charge in [0.15, 0.2) is 0 Å². The summed E-state index contributed by atoms with van der Waals surface area (Å²) in [5.74, 6) is -3.17. The molecular weight excluding hydrogens is 526 g/mol. The van der Waals surface area contributed by atoms with Crippen LogP contribution in [0.1, 0.15) is 29.7 Å². The summed E-state index contributed by atoms with van der Waals surface area (Å²) in [6, 6.07) is 10.8. The zero-order chi connectivity index (χ0) is 29.0. The van der Waals surface area contributed by atoms with Crippen LogP contribution in [-0.2, 0) is 17.9 Å².